The third-order valence-electron chi connectivity index (χ3n) is 5.72. The molecule has 0 saturated heterocycles. The molecule has 0 spiro atoms. The Balaban J connectivity index is 1.45. The van der Waals surface area contributed by atoms with Crippen molar-refractivity contribution in [1.82, 2.24) is 9.88 Å². The van der Waals surface area contributed by atoms with Gasteiger partial charge in [0.05, 0.1) is 19.8 Å². The van der Waals surface area contributed by atoms with Gasteiger partial charge in [0.15, 0.2) is 11.5 Å². The van der Waals surface area contributed by atoms with E-state index in [0.29, 0.717) is 30.4 Å². The first kappa shape index (κ1) is 18.6. The molecule has 1 aliphatic heterocycles. The largest absolute Gasteiger partial charge is 0.493 e. The van der Waals surface area contributed by atoms with E-state index in [1.54, 1.807) is 20.4 Å². The first-order valence-corrected chi connectivity index (χ1v) is 9.93. The molecule has 1 saturated carbocycles. The summed E-state index contributed by atoms with van der Waals surface area (Å²) in [5, 5.41) is 3.46. The van der Waals surface area contributed by atoms with Gasteiger partial charge < -0.3 is 19.7 Å². The summed E-state index contributed by atoms with van der Waals surface area (Å²) < 4.78 is 10.8. The van der Waals surface area contributed by atoms with E-state index in [9.17, 15) is 4.79 Å². The molecule has 2 aromatic rings. The smallest absolute Gasteiger partial charge is 0.255 e. The number of hydrogen-bond acceptors (Lipinski definition) is 5. The third-order valence-corrected chi connectivity index (χ3v) is 5.72. The number of methoxy groups -OCH3 is 2. The van der Waals surface area contributed by atoms with Crippen molar-refractivity contribution in [3.63, 3.8) is 0 Å². The fourth-order valence-electron chi connectivity index (χ4n) is 4.12. The van der Waals surface area contributed by atoms with Gasteiger partial charge in [-0.3, -0.25) is 4.79 Å². The number of nitrogens with zero attached hydrogens (tertiary/aromatic N) is 2. The predicted molar refractivity (Wildman–Crippen MR) is 108 cm³/mol. The van der Waals surface area contributed by atoms with Gasteiger partial charge in [0, 0.05) is 25.3 Å². The first-order valence-electron chi connectivity index (χ1n) is 9.93. The monoisotopic (exact) mass is 381 g/mol. The van der Waals surface area contributed by atoms with Crippen LogP contribution in [0.1, 0.15) is 47.2 Å². The molecule has 1 aliphatic carbocycles. The fourth-order valence-corrected chi connectivity index (χ4v) is 4.12. The molecule has 6 heteroatoms. The number of ether oxygens (including phenoxy) is 2. The molecule has 0 bridgehead atoms. The van der Waals surface area contributed by atoms with E-state index in [-0.39, 0.29) is 5.91 Å². The number of carbonyl (C=O) groups excluding carboxylic acids is 1. The zero-order valence-corrected chi connectivity index (χ0v) is 16.5. The maximum Gasteiger partial charge on any atom is 0.255 e. The van der Waals surface area contributed by atoms with Crippen LogP contribution in [0.4, 0.5) is 5.82 Å². The van der Waals surface area contributed by atoms with Gasteiger partial charge in [0.25, 0.3) is 5.91 Å². The minimum Gasteiger partial charge on any atom is -0.493 e. The van der Waals surface area contributed by atoms with Crippen LogP contribution in [0, 0.1) is 0 Å². The van der Waals surface area contributed by atoms with Crippen molar-refractivity contribution >= 4 is 11.7 Å². The van der Waals surface area contributed by atoms with E-state index in [0.717, 1.165) is 23.6 Å². The number of amides is 1. The molecule has 1 N–H and O–H groups in total. The highest BCUT2D eigenvalue weighted by Gasteiger charge is 2.24. The average Bonchev–Trinajstić information content (AvgIpc) is 3.25. The summed E-state index contributed by atoms with van der Waals surface area (Å²) in [4.78, 5) is 19.3. The van der Waals surface area contributed by atoms with E-state index in [4.69, 9.17) is 9.47 Å². The Kier molecular flexibility index (Phi) is 5.37. The molecule has 1 aromatic carbocycles. The van der Waals surface area contributed by atoms with Crippen molar-refractivity contribution in [3.8, 4) is 11.5 Å². The number of rotatable bonds is 5. The number of aromatic nitrogens is 1. The van der Waals surface area contributed by atoms with Crippen molar-refractivity contribution in [1.29, 1.82) is 0 Å². The molecule has 2 heterocycles. The number of benzene rings is 1. The first-order chi connectivity index (χ1) is 13.7. The van der Waals surface area contributed by atoms with Crippen LogP contribution >= 0.6 is 0 Å². The summed E-state index contributed by atoms with van der Waals surface area (Å²) in [6, 6.07) is 8.29. The Labute approximate surface area is 165 Å². The Bertz CT molecular complexity index is 845. The standard InChI is InChI=1S/C22H27N3O3/c1-27-19-11-15-9-10-25(14-17(15)12-20(19)28-2)22(26)16-7-8-21(23-13-16)24-18-5-3-4-6-18/h7-8,11-13,18H,3-6,9-10,14H2,1-2H3,(H,23,24). The van der Waals surface area contributed by atoms with E-state index in [2.05, 4.69) is 10.3 Å². The van der Waals surface area contributed by atoms with Crippen LogP contribution in [0.15, 0.2) is 30.5 Å². The molecular formula is C22H27N3O3. The Morgan fingerprint density at radius 3 is 2.46 bits per heavy atom. The zero-order valence-electron chi connectivity index (χ0n) is 16.5. The Morgan fingerprint density at radius 2 is 1.82 bits per heavy atom. The predicted octanol–water partition coefficient (Wildman–Crippen LogP) is 3.65. The van der Waals surface area contributed by atoms with Gasteiger partial charge in [-0.1, -0.05) is 12.8 Å². The molecule has 0 atom stereocenters. The summed E-state index contributed by atoms with van der Waals surface area (Å²) in [7, 11) is 3.27. The summed E-state index contributed by atoms with van der Waals surface area (Å²) in [6.45, 7) is 1.25. The topological polar surface area (TPSA) is 63.7 Å². The van der Waals surface area contributed by atoms with E-state index in [1.165, 1.54) is 31.2 Å². The average molecular weight is 381 g/mol. The zero-order chi connectivity index (χ0) is 19.5. The maximum absolute atomic E-state index is 13.0. The molecule has 6 nitrogen and oxygen atoms in total. The highest BCUT2D eigenvalue weighted by molar-refractivity contribution is 5.94. The highest BCUT2D eigenvalue weighted by Crippen LogP contribution is 2.33. The van der Waals surface area contributed by atoms with Gasteiger partial charge in [-0.2, -0.15) is 0 Å². The number of anilines is 1. The number of nitrogens with one attached hydrogen (secondary N) is 1. The van der Waals surface area contributed by atoms with Gasteiger partial charge in [0.1, 0.15) is 5.82 Å². The summed E-state index contributed by atoms with van der Waals surface area (Å²) >= 11 is 0. The van der Waals surface area contributed by atoms with Crippen molar-refractivity contribution in [2.24, 2.45) is 0 Å². The SMILES string of the molecule is COc1cc2c(cc1OC)CN(C(=O)c1ccc(NC3CCCC3)nc1)CC2. The lowest BCUT2D eigenvalue weighted by Crippen LogP contribution is -2.36. The molecule has 28 heavy (non-hydrogen) atoms. The van der Waals surface area contributed by atoms with Crippen LogP contribution in [0.2, 0.25) is 0 Å². The highest BCUT2D eigenvalue weighted by atomic mass is 16.5. The lowest BCUT2D eigenvalue weighted by Gasteiger charge is -2.29. The van der Waals surface area contributed by atoms with Crippen LogP contribution in [0.25, 0.3) is 0 Å². The molecule has 4 rings (SSSR count). The second-order valence-electron chi connectivity index (χ2n) is 7.51. The molecule has 1 fully saturated rings. The minimum atomic E-state index is 0.0142. The van der Waals surface area contributed by atoms with E-state index in [1.807, 2.05) is 29.2 Å². The van der Waals surface area contributed by atoms with Crippen molar-refractivity contribution in [2.45, 2.75) is 44.7 Å². The molecule has 1 amide bonds. The Hall–Kier alpha value is -2.76. The van der Waals surface area contributed by atoms with Crippen molar-refractivity contribution < 1.29 is 14.3 Å². The number of carbonyl (C=O) groups is 1. The number of hydrogen-bond donors (Lipinski definition) is 1. The van der Waals surface area contributed by atoms with E-state index >= 15 is 0 Å². The van der Waals surface area contributed by atoms with Crippen LogP contribution in [0.3, 0.4) is 0 Å². The normalized spacial score (nSPS) is 16.6. The van der Waals surface area contributed by atoms with Crippen LogP contribution in [-0.4, -0.2) is 42.6 Å². The molecule has 2 aliphatic rings. The van der Waals surface area contributed by atoms with Crippen molar-refractivity contribution in [3.05, 3.63) is 47.2 Å². The molecule has 0 radical (unpaired) electrons. The minimum absolute atomic E-state index is 0.0142. The molecular weight excluding hydrogens is 354 g/mol. The number of fused-ring (bicyclic) bond motifs is 1. The van der Waals surface area contributed by atoms with Crippen LogP contribution < -0.4 is 14.8 Å². The van der Waals surface area contributed by atoms with Gasteiger partial charge >= 0.3 is 0 Å². The third kappa shape index (κ3) is 3.77. The second-order valence-corrected chi connectivity index (χ2v) is 7.51. The summed E-state index contributed by atoms with van der Waals surface area (Å²) in [5.74, 6) is 2.29. The fraction of sp³-hybridized carbons (Fsp3) is 0.455. The lowest BCUT2D eigenvalue weighted by atomic mass is 9.98. The lowest BCUT2D eigenvalue weighted by molar-refractivity contribution is 0.0734. The molecule has 1 aromatic heterocycles. The van der Waals surface area contributed by atoms with Gasteiger partial charge in [-0.05, 0) is 54.7 Å². The van der Waals surface area contributed by atoms with Gasteiger partial charge in [0.2, 0.25) is 0 Å². The summed E-state index contributed by atoms with van der Waals surface area (Å²) in [5.41, 5.74) is 2.93. The van der Waals surface area contributed by atoms with Gasteiger partial charge in [-0.15, -0.1) is 0 Å². The molecule has 148 valence electrons. The maximum atomic E-state index is 13.0. The van der Waals surface area contributed by atoms with Crippen LogP contribution in [-0.2, 0) is 13.0 Å². The number of pyridine rings is 1. The quantitative estimate of drug-likeness (QED) is 0.856. The van der Waals surface area contributed by atoms with E-state index < -0.39 is 0 Å². The second kappa shape index (κ2) is 8.09. The van der Waals surface area contributed by atoms with Crippen molar-refractivity contribution in [2.75, 3.05) is 26.1 Å². The van der Waals surface area contributed by atoms with Gasteiger partial charge in [-0.25, -0.2) is 4.98 Å². The van der Waals surface area contributed by atoms with Crippen LogP contribution in [0.5, 0.6) is 11.5 Å². The summed E-state index contributed by atoms with van der Waals surface area (Å²) in [6.07, 6.45) is 7.44. The Morgan fingerprint density at radius 1 is 1.11 bits per heavy atom. The molecule has 0 unspecified atom stereocenters.